The van der Waals surface area contributed by atoms with E-state index in [1.807, 2.05) is 47.8 Å². The maximum absolute atomic E-state index is 12.7. The lowest BCUT2D eigenvalue weighted by Crippen LogP contribution is -2.30. The molecule has 0 saturated carbocycles. The number of thiophene rings is 1. The van der Waals surface area contributed by atoms with Gasteiger partial charge in [-0.3, -0.25) is 9.59 Å². The van der Waals surface area contributed by atoms with E-state index in [9.17, 15) is 9.59 Å². The van der Waals surface area contributed by atoms with Crippen molar-refractivity contribution in [1.29, 1.82) is 0 Å². The number of aromatic nitrogens is 1. The van der Waals surface area contributed by atoms with Crippen LogP contribution in [0.1, 0.15) is 34.6 Å². The molecule has 1 amide bonds. The van der Waals surface area contributed by atoms with Gasteiger partial charge in [0.25, 0.3) is 5.91 Å². The maximum Gasteiger partial charge on any atom is 0.308 e. The van der Waals surface area contributed by atoms with Gasteiger partial charge in [0.15, 0.2) is 0 Å². The van der Waals surface area contributed by atoms with Crippen molar-refractivity contribution >= 4 is 34.6 Å². The summed E-state index contributed by atoms with van der Waals surface area (Å²) in [6.45, 7) is 2.07. The highest BCUT2D eigenvalue weighted by Crippen LogP contribution is 2.29. The minimum absolute atomic E-state index is 0.0835. The molecule has 0 fully saturated rings. The molecule has 0 aliphatic rings. The van der Waals surface area contributed by atoms with Crippen LogP contribution in [0.15, 0.2) is 54.0 Å². The monoisotopic (exact) mass is 386 g/mol. The Morgan fingerprint density at radius 2 is 2.00 bits per heavy atom. The number of carbonyl (C=O) groups is 2. The van der Waals surface area contributed by atoms with E-state index in [2.05, 4.69) is 10.3 Å². The van der Waals surface area contributed by atoms with Gasteiger partial charge in [0.2, 0.25) is 0 Å². The Kier molecular flexibility index (Phi) is 6.14. The molecule has 3 rings (SSSR count). The lowest BCUT2D eigenvalue weighted by Gasteiger charge is -2.18. The molecule has 5 nitrogen and oxygen atoms in total. The number of benzene rings is 1. The summed E-state index contributed by atoms with van der Waals surface area (Å²) in [6, 6.07) is 12.9. The number of thiazole rings is 1. The van der Waals surface area contributed by atoms with E-state index >= 15 is 0 Å². The lowest BCUT2D eigenvalue weighted by atomic mass is 10.0. The molecule has 1 aromatic carbocycles. The summed E-state index contributed by atoms with van der Waals surface area (Å²) in [5, 5.41) is 5.72. The number of nitrogens with zero attached hydrogens (tertiary/aromatic N) is 1. The Labute approximate surface area is 159 Å². The van der Waals surface area contributed by atoms with Gasteiger partial charge in [-0.15, -0.1) is 22.7 Å². The minimum Gasteiger partial charge on any atom is -0.466 e. The minimum atomic E-state index is -0.449. The highest BCUT2D eigenvalue weighted by molar-refractivity contribution is 7.21. The quantitative estimate of drug-likeness (QED) is 0.615. The first-order valence-corrected chi connectivity index (χ1v) is 9.88. The van der Waals surface area contributed by atoms with Crippen LogP contribution < -0.4 is 5.32 Å². The molecule has 26 heavy (non-hydrogen) atoms. The molecule has 0 saturated heterocycles. The van der Waals surface area contributed by atoms with Crippen molar-refractivity contribution in [3.05, 3.63) is 64.5 Å². The Morgan fingerprint density at radius 3 is 2.69 bits per heavy atom. The smallest absolute Gasteiger partial charge is 0.308 e. The van der Waals surface area contributed by atoms with Gasteiger partial charge >= 0.3 is 5.97 Å². The highest BCUT2D eigenvalue weighted by atomic mass is 32.1. The third-order valence-electron chi connectivity index (χ3n) is 3.64. The summed E-state index contributed by atoms with van der Waals surface area (Å²) in [5.74, 6) is -0.589. The topological polar surface area (TPSA) is 68.3 Å². The molecule has 1 unspecified atom stereocenters. The zero-order valence-corrected chi connectivity index (χ0v) is 15.8. The van der Waals surface area contributed by atoms with Gasteiger partial charge in [0.05, 0.1) is 30.1 Å². The van der Waals surface area contributed by atoms with Crippen molar-refractivity contribution in [2.24, 2.45) is 0 Å². The predicted molar refractivity (Wildman–Crippen MR) is 103 cm³/mol. The summed E-state index contributed by atoms with van der Waals surface area (Å²) < 4.78 is 5.04. The van der Waals surface area contributed by atoms with Crippen LogP contribution in [0.2, 0.25) is 0 Å². The number of esters is 1. The van der Waals surface area contributed by atoms with E-state index in [4.69, 9.17) is 4.74 Å². The second-order valence-electron chi connectivity index (χ2n) is 5.45. The van der Waals surface area contributed by atoms with E-state index in [0.717, 1.165) is 15.4 Å². The molecule has 0 bridgehead atoms. The van der Waals surface area contributed by atoms with E-state index in [-0.39, 0.29) is 18.3 Å². The summed E-state index contributed by atoms with van der Waals surface area (Å²) in [6.07, 6.45) is 1.65. The van der Waals surface area contributed by atoms with Crippen LogP contribution in [0.3, 0.4) is 0 Å². The predicted octanol–water partition coefficient (Wildman–Crippen LogP) is 4.30. The lowest BCUT2D eigenvalue weighted by molar-refractivity contribution is -0.143. The van der Waals surface area contributed by atoms with Crippen LogP contribution in [0.4, 0.5) is 0 Å². The average Bonchev–Trinajstić information content (AvgIpc) is 3.33. The van der Waals surface area contributed by atoms with Gasteiger partial charge in [-0.25, -0.2) is 4.98 Å². The molecule has 7 heteroatoms. The molecule has 3 aromatic rings. The van der Waals surface area contributed by atoms with Crippen LogP contribution in [0, 0.1) is 0 Å². The maximum atomic E-state index is 12.7. The molecule has 1 N–H and O–H groups in total. The van der Waals surface area contributed by atoms with Crippen LogP contribution in [0.25, 0.3) is 9.88 Å². The highest BCUT2D eigenvalue weighted by Gasteiger charge is 2.21. The summed E-state index contributed by atoms with van der Waals surface area (Å²) >= 11 is 2.92. The van der Waals surface area contributed by atoms with Crippen LogP contribution in [0.5, 0.6) is 0 Å². The Hall–Kier alpha value is -2.51. The van der Waals surface area contributed by atoms with Gasteiger partial charge < -0.3 is 10.1 Å². The largest absolute Gasteiger partial charge is 0.466 e. The fourth-order valence-corrected chi connectivity index (χ4v) is 4.07. The molecule has 1 atom stereocenters. The summed E-state index contributed by atoms with van der Waals surface area (Å²) in [7, 11) is 0. The van der Waals surface area contributed by atoms with Crippen LogP contribution in [-0.2, 0) is 9.53 Å². The first-order valence-electron chi connectivity index (χ1n) is 8.18. The average molecular weight is 386 g/mol. The van der Waals surface area contributed by atoms with Crippen LogP contribution >= 0.6 is 22.7 Å². The second kappa shape index (κ2) is 8.73. The standard InChI is InChI=1S/C19H18N2O3S2/c1-2-24-17(22)11-14(13-7-4-3-5-8-13)21-18(23)16-12-20-19(26-16)15-9-6-10-25-15/h3-10,12,14H,2,11H2,1H3,(H,21,23). The Morgan fingerprint density at radius 1 is 1.19 bits per heavy atom. The number of hydrogen-bond acceptors (Lipinski definition) is 6. The number of carbonyl (C=O) groups excluding carboxylic acids is 2. The first-order chi connectivity index (χ1) is 12.7. The zero-order valence-electron chi connectivity index (χ0n) is 14.2. The van der Waals surface area contributed by atoms with Crippen molar-refractivity contribution in [3.8, 4) is 9.88 Å². The third kappa shape index (κ3) is 4.56. The van der Waals surface area contributed by atoms with Gasteiger partial charge in [-0.1, -0.05) is 36.4 Å². The summed E-state index contributed by atoms with van der Waals surface area (Å²) in [4.78, 5) is 30.5. The molecule has 2 aromatic heterocycles. The Bertz CT molecular complexity index is 860. The number of rotatable bonds is 7. The molecule has 0 radical (unpaired) electrons. The number of amides is 1. The molecule has 0 spiro atoms. The molecule has 0 aliphatic heterocycles. The van der Waals surface area contributed by atoms with Crippen molar-refractivity contribution in [1.82, 2.24) is 10.3 Å². The van der Waals surface area contributed by atoms with Crippen molar-refractivity contribution in [2.45, 2.75) is 19.4 Å². The molecule has 0 aliphatic carbocycles. The first kappa shape index (κ1) is 18.3. The second-order valence-corrected chi connectivity index (χ2v) is 7.43. The van der Waals surface area contributed by atoms with Crippen molar-refractivity contribution in [3.63, 3.8) is 0 Å². The van der Waals surface area contributed by atoms with Crippen molar-refractivity contribution < 1.29 is 14.3 Å². The van der Waals surface area contributed by atoms with E-state index in [0.29, 0.717) is 11.5 Å². The van der Waals surface area contributed by atoms with Gasteiger partial charge in [-0.2, -0.15) is 0 Å². The van der Waals surface area contributed by atoms with Crippen molar-refractivity contribution in [2.75, 3.05) is 6.61 Å². The molecule has 2 heterocycles. The van der Waals surface area contributed by atoms with E-state index in [1.165, 1.54) is 11.3 Å². The van der Waals surface area contributed by atoms with E-state index in [1.54, 1.807) is 24.5 Å². The number of hydrogen-bond donors (Lipinski definition) is 1. The third-order valence-corrected chi connectivity index (χ3v) is 5.68. The molecular weight excluding hydrogens is 368 g/mol. The van der Waals surface area contributed by atoms with E-state index < -0.39 is 6.04 Å². The van der Waals surface area contributed by atoms with Gasteiger partial charge in [0.1, 0.15) is 9.88 Å². The summed E-state index contributed by atoms with van der Waals surface area (Å²) in [5.41, 5.74) is 0.858. The zero-order chi connectivity index (χ0) is 18.4. The van der Waals surface area contributed by atoms with Gasteiger partial charge in [0, 0.05) is 0 Å². The number of ether oxygens (including phenoxy) is 1. The Balaban J connectivity index is 1.75. The fourth-order valence-electron chi connectivity index (χ4n) is 2.45. The fraction of sp³-hybridized carbons (Fsp3) is 0.211. The number of nitrogens with one attached hydrogen (secondary N) is 1. The SMILES string of the molecule is CCOC(=O)CC(NC(=O)c1cnc(-c2cccs2)s1)c1ccccc1. The van der Waals surface area contributed by atoms with Gasteiger partial charge in [-0.05, 0) is 23.9 Å². The normalized spacial score (nSPS) is 11.7. The molecule has 134 valence electrons. The molecular formula is C19H18N2O3S2. The van der Waals surface area contributed by atoms with Crippen LogP contribution in [-0.4, -0.2) is 23.5 Å².